The van der Waals surface area contributed by atoms with Crippen molar-refractivity contribution in [3.63, 3.8) is 0 Å². The Labute approximate surface area is 203 Å². The molecule has 0 bridgehead atoms. The van der Waals surface area contributed by atoms with Gasteiger partial charge >= 0.3 is 0 Å². The van der Waals surface area contributed by atoms with Crippen LogP contribution < -0.4 is 4.90 Å². The van der Waals surface area contributed by atoms with Crippen molar-refractivity contribution in [1.82, 2.24) is 9.88 Å². The molecule has 7 heteroatoms. The zero-order chi connectivity index (χ0) is 21.8. The van der Waals surface area contributed by atoms with Crippen LogP contribution in [-0.4, -0.2) is 49.2 Å². The molecule has 4 nitrogen and oxygen atoms in total. The summed E-state index contributed by atoms with van der Waals surface area (Å²) in [5, 5.41) is 0.743. The Morgan fingerprint density at radius 2 is 1.62 bits per heavy atom. The fraction of sp³-hybridized carbons (Fsp3) is 0.200. The number of amides is 1. The lowest BCUT2D eigenvalue weighted by molar-refractivity contribution is 0.0985. The lowest BCUT2D eigenvalue weighted by atomic mass is 10.0. The van der Waals surface area contributed by atoms with Gasteiger partial charge in [0.25, 0.3) is 5.91 Å². The number of likely N-dealkylation sites (N-methyl/N-ethyl adjacent to an activating group) is 1. The first-order valence-corrected chi connectivity index (χ1v) is 12.2. The number of rotatable bonds is 7. The SMILES string of the molecule is CSc1ccc2nc(N(CCN(C)C)C(=O)c3ccc(-c4ccccc4)cc3)sc2c1.Cl. The number of aromatic nitrogens is 1. The first-order valence-electron chi connectivity index (χ1n) is 10.1. The number of nitrogens with zero attached hydrogens (tertiary/aromatic N) is 3. The Kier molecular flexibility index (Phi) is 8.32. The van der Waals surface area contributed by atoms with E-state index in [9.17, 15) is 4.79 Å². The van der Waals surface area contributed by atoms with E-state index in [1.165, 1.54) is 4.90 Å². The van der Waals surface area contributed by atoms with Gasteiger partial charge in [-0.2, -0.15) is 0 Å². The van der Waals surface area contributed by atoms with Gasteiger partial charge in [-0.15, -0.1) is 24.2 Å². The smallest absolute Gasteiger partial charge is 0.260 e. The van der Waals surface area contributed by atoms with E-state index in [1.807, 2.05) is 62.6 Å². The highest BCUT2D eigenvalue weighted by atomic mass is 35.5. The number of benzene rings is 3. The molecule has 0 spiro atoms. The van der Waals surface area contributed by atoms with Crippen LogP contribution in [0.2, 0.25) is 0 Å². The van der Waals surface area contributed by atoms with Crippen molar-refractivity contribution in [2.45, 2.75) is 4.90 Å². The van der Waals surface area contributed by atoms with Crippen LogP contribution in [0.15, 0.2) is 77.7 Å². The van der Waals surface area contributed by atoms with E-state index < -0.39 is 0 Å². The average molecular weight is 484 g/mol. The van der Waals surface area contributed by atoms with Crippen molar-refractivity contribution in [3.8, 4) is 11.1 Å². The Bertz CT molecular complexity index is 1180. The van der Waals surface area contributed by atoms with Crippen molar-refractivity contribution in [3.05, 3.63) is 78.4 Å². The van der Waals surface area contributed by atoms with E-state index in [0.717, 1.165) is 33.0 Å². The second-order valence-electron chi connectivity index (χ2n) is 7.53. The summed E-state index contributed by atoms with van der Waals surface area (Å²) in [5.74, 6) is -0.0226. The number of fused-ring (bicyclic) bond motifs is 1. The minimum atomic E-state index is -0.0226. The molecule has 0 saturated carbocycles. The van der Waals surface area contributed by atoms with Crippen molar-refractivity contribution >= 4 is 56.8 Å². The highest BCUT2D eigenvalue weighted by Gasteiger charge is 2.21. The van der Waals surface area contributed by atoms with E-state index >= 15 is 0 Å². The molecule has 0 unspecified atom stereocenters. The van der Waals surface area contributed by atoms with Crippen LogP contribution >= 0.6 is 35.5 Å². The van der Waals surface area contributed by atoms with E-state index in [0.29, 0.717) is 12.1 Å². The number of thioether (sulfide) groups is 1. The van der Waals surface area contributed by atoms with Crippen LogP contribution in [0.1, 0.15) is 10.4 Å². The molecule has 1 amide bonds. The highest BCUT2D eigenvalue weighted by Crippen LogP contribution is 2.32. The quantitative estimate of drug-likeness (QED) is 0.288. The summed E-state index contributed by atoms with van der Waals surface area (Å²) in [4.78, 5) is 23.3. The van der Waals surface area contributed by atoms with Crippen molar-refractivity contribution in [2.24, 2.45) is 0 Å². The second kappa shape index (κ2) is 11.0. The Morgan fingerprint density at radius 1 is 0.938 bits per heavy atom. The van der Waals surface area contributed by atoms with Crippen molar-refractivity contribution in [2.75, 3.05) is 38.3 Å². The molecular formula is C25H26ClN3OS2. The van der Waals surface area contributed by atoms with Gasteiger partial charge in [-0.3, -0.25) is 9.69 Å². The maximum absolute atomic E-state index is 13.5. The maximum atomic E-state index is 13.5. The molecule has 0 aliphatic heterocycles. The van der Waals surface area contributed by atoms with E-state index in [2.05, 4.69) is 35.4 Å². The molecule has 166 valence electrons. The van der Waals surface area contributed by atoms with Crippen LogP contribution in [0.3, 0.4) is 0 Å². The molecule has 0 fully saturated rings. The third kappa shape index (κ3) is 5.51. The van der Waals surface area contributed by atoms with Gasteiger partial charge in [0, 0.05) is 23.5 Å². The van der Waals surface area contributed by atoms with Crippen LogP contribution in [0.4, 0.5) is 5.13 Å². The molecule has 1 heterocycles. The molecule has 0 aliphatic rings. The van der Waals surface area contributed by atoms with Gasteiger partial charge < -0.3 is 4.90 Å². The van der Waals surface area contributed by atoms with Gasteiger partial charge in [-0.25, -0.2) is 4.98 Å². The summed E-state index contributed by atoms with van der Waals surface area (Å²) >= 11 is 3.28. The number of hydrogen-bond acceptors (Lipinski definition) is 5. The third-order valence-electron chi connectivity index (χ3n) is 5.07. The molecule has 0 radical (unpaired) electrons. The fourth-order valence-electron chi connectivity index (χ4n) is 3.31. The van der Waals surface area contributed by atoms with Gasteiger partial charge in [0.05, 0.1) is 10.2 Å². The molecule has 0 atom stereocenters. The number of hydrogen-bond donors (Lipinski definition) is 0. The maximum Gasteiger partial charge on any atom is 0.260 e. The summed E-state index contributed by atoms with van der Waals surface area (Å²) in [6.07, 6.45) is 2.06. The third-order valence-corrected chi connectivity index (χ3v) is 6.84. The van der Waals surface area contributed by atoms with Gasteiger partial charge in [0.1, 0.15) is 0 Å². The molecule has 3 aromatic carbocycles. The van der Waals surface area contributed by atoms with Gasteiger partial charge in [-0.05, 0) is 61.8 Å². The number of thiazole rings is 1. The van der Waals surface area contributed by atoms with E-state index in [1.54, 1.807) is 28.0 Å². The molecule has 32 heavy (non-hydrogen) atoms. The molecule has 4 rings (SSSR count). The van der Waals surface area contributed by atoms with Crippen molar-refractivity contribution < 1.29 is 4.79 Å². The minimum absolute atomic E-state index is 0. The Morgan fingerprint density at radius 3 is 2.28 bits per heavy atom. The number of carbonyl (C=O) groups excluding carboxylic acids is 1. The van der Waals surface area contributed by atoms with Crippen molar-refractivity contribution in [1.29, 1.82) is 0 Å². The number of halogens is 1. The first kappa shape index (κ1) is 24.3. The normalized spacial score (nSPS) is 10.9. The van der Waals surface area contributed by atoms with Crippen LogP contribution in [0.5, 0.6) is 0 Å². The fourth-order valence-corrected chi connectivity index (χ4v) is 4.85. The second-order valence-corrected chi connectivity index (χ2v) is 9.42. The molecule has 4 aromatic rings. The van der Waals surface area contributed by atoms with E-state index in [4.69, 9.17) is 4.98 Å². The van der Waals surface area contributed by atoms with Crippen LogP contribution in [0.25, 0.3) is 21.3 Å². The predicted molar refractivity (Wildman–Crippen MR) is 141 cm³/mol. The summed E-state index contributed by atoms with van der Waals surface area (Å²) in [6, 6.07) is 24.3. The zero-order valence-corrected chi connectivity index (χ0v) is 20.8. The number of anilines is 1. The average Bonchev–Trinajstić information content (AvgIpc) is 3.22. The molecular weight excluding hydrogens is 458 g/mol. The Balaban J connectivity index is 0.00000289. The summed E-state index contributed by atoms with van der Waals surface area (Å²) in [6.45, 7) is 1.35. The van der Waals surface area contributed by atoms with E-state index in [-0.39, 0.29) is 18.3 Å². The Hall–Kier alpha value is -2.38. The molecule has 0 aliphatic carbocycles. The zero-order valence-electron chi connectivity index (χ0n) is 18.3. The number of carbonyl (C=O) groups is 1. The van der Waals surface area contributed by atoms with Gasteiger partial charge in [-0.1, -0.05) is 53.8 Å². The summed E-state index contributed by atoms with van der Waals surface area (Å²) in [7, 11) is 4.03. The lowest BCUT2D eigenvalue weighted by Gasteiger charge is -2.22. The van der Waals surface area contributed by atoms with Crippen LogP contribution in [0, 0.1) is 0 Å². The topological polar surface area (TPSA) is 36.4 Å². The minimum Gasteiger partial charge on any atom is -0.308 e. The highest BCUT2D eigenvalue weighted by molar-refractivity contribution is 7.98. The first-order chi connectivity index (χ1) is 15.0. The standard InChI is InChI=1S/C25H25N3OS2.ClH/c1-27(2)15-16-28(25-26-22-14-13-21(30-3)17-23(22)31-25)24(29)20-11-9-19(10-12-20)18-7-5-4-6-8-18;/h4-14,17H,15-16H2,1-3H3;1H. The summed E-state index contributed by atoms with van der Waals surface area (Å²) < 4.78 is 1.10. The molecule has 1 aromatic heterocycles. The van der Waals surface area contributed by atoms with Crippen LogP contribution in [-0.2, 0) is 0 Å². The predicted octanol–water partition coefficient (Wildman–Crippen LogP) is 6.32. The summed E-state index contributed by atoms with van der Waals surface area (Å²) in [5.41, 5.74) is 3.84. The lowest BCUT2D eigenvalue weighted by Crippen LogP contribution is -2.36. The van der Waals surface area contributed by atoms with Gasteiger partial charge in [0.2, 0.25) is 0 Å². The largest absolute Gasteiger partial charge is 0.308 e. The monoisotopic (exact) mass is 483 g/mol. The molecule has 0 saturated heterocycles. The molecule has 0 N–H and O–H groups in total. The van der Waals surface area contributed by atoms with Gasteiger partial charge in [0.15, 0.2) is 5.13 Å².